The fourth-order valence-corrected chi connectivity index (χ4v) is 5.96. The van der Waals surface area contributed by atoms with Gasteiger partial charge in [0.2, 0.25) is 0 Å². The summed E-state index contributed by atoms with van der Waals surface area (Å²) in [5.74, 6) is 1.10. The molecule has 1 unspecified atom stereocenters. The van der Waals surface area contributed by atoms with Gasteiger partial charge in [0.1, 0.15) is 17.6 Å². The number of aromatic nitrogens is 1. The van der Waals surface area contributed by atoms with Crippen LogP contribution in [0.5, 0.6) is 0 Å². The summed E-state index contributed by atoms with van der Waals surface area (Å²) in [6.07, 6.45) is 0.436. The van der Waals surface area contributed by atoms with Gasteiger partial charge in [0.25, 0.3) is 0 Å². The molecule has 0 spiro atoms. The molecule has 0 aliphatic carbocycles. The molecule has 0 amide bonds. The number of hydrogen-bond acceptors (Lipinski definition) is 9. The molecule has 2 aliphatic rings. The first-order chi connectivity index (χ1) is 18.2. The Balaban J connectivity index is 1.15. The van der Waals surface area contributed by atoms with Crippen molar-refractivity contribution in [3.05, 3.63) is 52.5 Å². The highest BCUT2D eigenvalue weighted by Gasteiger charge is 2.31. The SMILES string of the molecule is CCC(C)(C)OC(=O)OCN1c2cc(Cl)c(CCN3CCN(c4nsc5ccccc45)CC3)cc2CC1O. The van der Waals surface area contributed by atoms with E-state index in [0.717, 1.165) is 61.8 Å². The monoisotopic (exact) mass is 558 g/mol. The van der Waals surface area contributed by atoms with E-state index < -0.39 is 18.0 Å². The number of piperazine rings is 1. The molecule has 1 N–H and O–H groups in total. The zero-order chi connectivity index (χ0) is 26.9. The Morgan fingerprint density at radius 1 is 1.21 bits per heavy atom. The summed E-state index contributed by atoms with van der Waals surface area (Å²) >= 11 is 8.24. The Morgan fingerprint density at radius 2 is 1.97 bits per heavy atom. The lowest BCUT2D eigenvalue weighted by atomic mass is 10.1. The molecule has 0 radical (unpaired) electrons. The van der Waals surface area contributed by atoms with E-state index in [1.165, 1.54) is 10.1 Å². The summed E-state index contributed by atoms with van der Waals surface area (Å²) in [5.41, 5.74) is 2.26. The van der Waals surface area contributed by atoms with Crippen molar-refractivity contribution in [1.82, 2.24) is 9.27 Å². The fraction of sp³-hybridized carbons (Fsp3) is 0.500. The number of halogens is 1. The molecule has 8 nitrogen and oxygen atoms in total. The Kier molecular flexibility index (Phi) is 8.00. The van der Waals surface area contributed by atoms with Crippen LogP contribution in [0.2, 0.25) is 5.02 Å². The first-order valence-corrected chi connectivity index (χ1v) is 14.3. The van der Waals surface area contributed by atoms with Gasteiger partial charge in [0.05, 0.1) is 4.70 Å². The van der Waals surface area contributed by atoms with Crippen LogP contribution < -0.4 is 9.80 Å². The molecule has 38 heavy (non-hydrogen) atoms. The third-order valence-electron chi connectivity index (χ3n) is 7.58. The van der Waals surface area contributed by atoms with Crippen LogP contribution in [-0.2, 0) is 22.3 Å². The second-order valence-corrected chi connectivity index (χ2v) is 11.8. The van der Waals surface area contributed by atoms with Crippen molar-refractivity contribution in [1.29, 1.82) is 0 Å². The zero-order valence-corrected chi connectivity index (χ0v) is 23.7. The van der Waals surface area contributed by atoms with E-state index in [9.17, 15) is 9.90 Å². The molecular formula is C28H35ClN4O4S. The second-order valence-electron chi connectivity index (χ2n) is 10.5. The van der Waals surface area contributed by atoms with Gasteiger partial charge < -0.3 is 24.4 Å². The smallest absolute Gasteiger partial charge is 0.428 e. The molecule has 1 aromatic heterocycles. The Morgan fingerprint density at radius 3 is 2.74 bits per heavy atom. The highest BCUT2D eigenvalue weighted by molar-refractivity contribution is 7.13. The summed E-state index contributed by atoms with van der Waals surface area (Å²) in [5, 5.41) is 12.5. The van der Waals surface area contributed by atoms with E-state index in [0.29, 0.717) is 17.9 Å². The lowest BCUT2D eigenvalue weighted by molar-refractivity contribution is -0.0209. The number of carbonyl (C=O) groups is 1. The first kappa shape index (κ1) is 27.0. The number of aliphatic hydroxyl groups excluding tert-OH is 1. The number of anilines is 2. The van der Waals surface area contributed by atoms with E-state index in [2.05, 4.69) is 40.1 Å². The van der Waals surface area contributed by atoms with Crippen molar-refractivity contribution in [2.75, 3.05) is 49.3 Å². The molecule has 1 atom stereocenters. The summed E-state index contributed by atoms with van der Waals surface area (Å²) in [4.78, 5) is 18.6. The number of nitrogens with zero attached hydrogens (tertiary/aromatic N) is 4. The number of hydrogen-bond donors (Lipinski definition) is 1. The molecule has 0 saturated carbocycles. The van der Waals surface area contributed by atoms with Gasteiger partial charge in [0.15, 0.2) is 6.73 Å². The van der Waals surface area contributed by atoms with Crippen LogP contribution in [0.1, 0.15) is 38.3 Å². The lowest BCUT2D eigenvalue weighted by Crippen LogP contribution is -2.47. The van der Waals surface area contributed by atoms with Gasteiger partial charge in [-0.2, -0.15) is 4.37 Å². The number of aliphatic hydroxyl groups is 1. The quantitative estimate of drug-likeness (QED) is 0.373. The van der Waals surface area contributed by atoms with Gasteiger partial charge in [-0.15, -0.1) is 0 Å². The van der Waals surface area contributed by atoms with E-state index >= 15 is 0 Å². The van der Waals surface area contributed by atoms with Crippen molar-refractivity contribution in [2.45, 2.75) is 51.9 Å². The normalized spacial score (nSPS) is 18.2. The average Bonchev–Trinajstić information content (AvgIpc) is 3.46. The summed E-state index contributed by atoms with van der Waals surface area (Å²) < 4.78 is 16.6. The summed E-state index contributed by atoms with van der Waals surface area (Å²) in [6.45, 7) is 10.3. The number of fused-ring (bicyclic) bond motifs is 2. The zero-order valence-electron chi connectivity index (χ0n) is 22.2. The van der Waals surface area contributed by atoms with Gasteiger partial charge in [0, 0.05) is 55.2 Å². The van der Waals surface area contributed by atoms with E-state index in [1.54, 1.807) is 16.4 Å². The standard InChI is InChI=1S/C28H35ClN4O4S/c1-4-28(2,3)37-27(35)36-18-33-23-17-22(29)19(15-20(23)16-25(33)34)9-10-31-11-13-32(14-12-31)26-21-7-5-6-8-24(21)38-30-26/h5-8,15,17,25,34H,4,9-14,16,18H2,1-3H3. The van der Waals surface area contributed by atoms with Crippen molar-refractivity contribution in [3.63, 3.8) is 0 Å². The molecule has 2 aliphatic heterocycles. The van der Waals surface area contributed by atoms with Crippen LogP contribution >= 0.6 is 23.1 Å². The van der Waals surface area contributed by atoms with Crippen LogP contribution in [0.3, 0.4) is 0 Å². The predicted octanol–water partition coefficient (Wildman–Crippen LogP) is 5.29. The Bertz CT molecular complexity index is 1290. The Hall–Kier alpha value is -2.59. The molecule has 2 aromatic carbocycles. The maximum absolute atomic E-state index is 12.1. The number of rotatable bonds is 8. The fourth-order valence-electron chi connectivity index (χ4n) is 4.92. The van der Waals surface area contributed by atoms with E-state index in [-0.39, 0.29) is 6.73 Å². The third kappa shape index (κ3) is 5.86. The molecule has 0 bridgehead atoms. The maximum Gasteiger partial charge on any atom is 0.510 e. The minimum absolute atomic E-state index is 0.0962. The summed E-state index contributed by atoms with van der Waals surface area (Å²) in [7, 11) is 0. The van der Waals surface area contributed by atoms with Gasteiger partial charge in [-0.1, -0.05) is 36.7 Å². The third-order valence-corrected chi connectivity index (χ3v) is 8.75. The molecule has 1 fully saturated rings. The molecule has 3 aromatic rings. The topological polar surface area (TPSA) is 78.4 Å². The first-order valence-electron chi connectivity index (χ1n) is 13.2. The minimum atomic E-state index is -0.779. The van der Waals surface area contributed by atoms with Gasteiger partial charge in [-0.3, -0.25) is 4.90 Å². The minimum Gasteiger partial charge on any atom is -0.428 e. The number of ether oxygens (including phenoxy) is 2. The summed E-state index contributed by atoms with van der Waals surface area (Å²) in [6, 6.07) is 12.4. The van der Waals surface area contributed by atoms with Gasteiger partial charge in [-0.25, -0.2) is 4.79 Å². The van der Waals surface area contributed by atoms with Gasteiger partial charge >= 0.3 is 6.16 Å². The van der Waals surface area contributed by atoms with Crippen LogP contribution in [0.25, 0.3) is 10.1 Å². The molecule has 1 saturated heterocycles. The molecule has 10 heteroatoms. The van der Waals surface area contributed by atoms with Crippen molar-refractivity contribution < 1.29 is 19.4 Å². The van der Waals surface area contributed by atoms with E-state index in [1.807, 2.05) is 26.8 Å². The van der Waals surface area contributed by atoms with Crippen molar-refractivity contribution >= 4 is 50.9 Å². The second kappa shape index (κ2) is 11.3. The molecular weight excluding hydrogens is 524 g/mol. The predicted molar refractivity (Wildman–Crippen MR) is 152 cm³/mol. The van der Waals surface area contributed by atoms with Crippen LogP contribution in [-0.4, -0.2) is 71.8 Å². The number of benzene rings is 2. The van der Waals surface area contributed by atoms with Crippen LogP contribution in [0.4, 0.5) is 16.3 Å². The largest absolute Gasteiger partial charge is 0.510 e. The number of carbonyl (C=O) groups excluding carboxylic acids is 1. The van der Waals surface area contributed by atoms with Crippen molar-refractivity contribution in [2.24, 2.45) is 0 Å². The Labute approximate surface area is 232 Å². The lowest BCUT2D eigenvalue weighted by Gasteiger charge is -2.35. The highest BCUT2D eigenvalue weighted by Crippen LogP contribution is 2.36. The molecule has 5 rings (SSSR count). The maximum atomic E-state index is 12.1. The van der Waals surface area contributed by atoms with Gasteiger partial charge in [-0.05, 0) is 67.5 Å². The van der Waals surface area contributed by atoms with Crippen molar-refractivity contribution in [3.8, 4) is 0 Å². The van der Waals surface area contributed by atoms with Crippen LogP contribution in [0.15, 0.2) is 36.4 Å². The highest BCUT2D eigenvalue weighted by atomic mass is 35.5. The average molecular weight is 559 g/mol. The molecule has 3 heterocycles. The van der Waals surface area contributed by atoms with Crippen LogP contribution in [0, 0.1) is 0 Å². The molecule has 204 valence electrons. The van der Waals surface area contributed by atoms with E-state index in [4.69, 9.17) is 25.4 Å².